The second kappa shape index (κ2) is 6.15. The van der Waals surface area contributed by atoms with E-state index in [1.807, 2.05) is 32.6 Å². The minimum absolute atomic E-state index is 0.134. The minimum atomic E-state index is -0.450. The molecule has 0 saturated carbocycles. The van der Waals surface area contributed by atoms with Gasteiger partial charge in [0.05, 0.1) is 19.3 Å². The zero-order valence-corrected chi connectivity index (χ0v) is 11.6. The average Bonchev–Trinajstić information content (AvgIpc) is 2.13. The molecule has 104 valence electrons. The normalized spacial score (nSPS) is 21.4. The van der Waals surface area contributed by atoms with E-state index < -0.39 is 6.03 Å². The summed E-state index contributed by atoms with van der Waals surface area (Å²) in [7, 11) is 0. The molecular formula is C12H23N3O3. The van der Waals surface area contributed by atoms with E-state index in [0.717, 1.165) is 6.54 Å². The van der Waals surface area contributed by atoms with Crippen LogP contribution in [0.4, 0.5) is 4.79 Å². The van der Waals surface area contributed by atoms with E-state index in [1.165, 1.54) is 0 Å². The van der Waals surface area contributed by atoms with Gasteiger partial charge in [-0.1, -0.05) is 0 Å². The van der Waals surface area contributed by atoms with Crippen molar-refractivity contribution in [2.75, 3.05) is 26.2 Å². The SMILES string of the molecule is CC1CN(CC(=O)NC(=O)NC(C)(C)C)CCO1. The summed E-state index contributed by atoms with van der Waals surface area (Å²) in [5, 5.41) is 5.01. The van der Waals surface area contributed by atoms with Gasteiger partial charge in [0.15, 0.2) is 0 Å². The lowest BCUT2D eigenvalue weighted by Crippen LogP contribution is -2.52. The van der Waals surface area contributed by atoms with Crippen LogP contribution in [0.2, 0.25) is 0 Å². The number of urea groups is 1. The lowest BCUT2D eigenvalue weighted by atomic mass is 10.1. The Morgan fingerprint density at radius 3 is 2.61 bits per heavy atom. The van der Waals surface area contributed by atoms with Crippen LogP contribution in [0.5, 0.6) is 0 Å². The first kappa shape index (κ1) is 14.9. The molecule has 1 heterocycles. The van der Waals surface area contributed by atoms with Crippen LogP contribution in [0.3, 0.4) is 0 Å². The summed E-state index contributed by atoms with van der Waals surface area (Å²) in [5.74, 6) is -0.286. The second-order valence-electron chi connectivity index (χ2n) is 5.67. The smallest absolute Gasteiger partial charge is 0.321 e. The minimum Gasteiger partial charge on any atom is -0.376 e. The molecule has 1 aliphatic rings. The molecule has 3 amide bonds. The number of nitrogens with zero attached hydrogens (tertiary/aromatic N) is 1. The number of amides is 3. The Morgan fingerprint density at radius 1 is 1.39 bits per heavy atom. The Kier molecular flexibility index (Phi) is 5.10. The van der Waals surface area contributed by atoms with Crippen molar-refractivity contribution in [2.45, 2.75) is 39.3 Å². The van der Waals surface area contributed by atoms with Crippen molar-refractivity contribution < 1.29 is 14.3 Å². The lowest BCUT2D eigenvalue weighted by Gasteiger charge is -2.30. The number of morpholine rings is 1. The first-order valence-electron chi connectivity index (χ1n) is 6.22. The molecule has 0 bridgehead atoms. The van der Waals surface area contributed by atoms with Crippen molar-refractivity contribution in [1.29, 1.82) is 0 Å². The topological polar surface area (TPSA) is 70.7 Å². The van der Waals surface area contributed by atoms with Crippen molar-refractivity contribution in [3.63, 3.8) is 0 Å². The first-order valence-corrected chi connectivity index (χ1v) is 6.22. The second-order valence-corrected chi connectivity index (χ2v) is 5.67. The molecule has 1 rings (SSSR count). The third kappa shape index (κ3) is 5.97. The van der Waals surface area contributed by atoms with Crippen LogP contribution < -0.4 is 10.6 Å². The van der Waals surface area contributed by atoms with Crippen molar-refractivity contribution in [3.05, 3.63) is 0 Å². The third-order valence-electron chi connectivity index (χ3n) is 2.43. The highest BCUT2D eigenvalue weighted by Gasteiger charge is 2.21. The van der Waals surface area contributed by atoms with Gasteiger partial charge in [0.1, 0.15) is 0 Å². The van der Waals surface area contributed by atoms with Gasteiger partial charge >= 0.3 is 6.03 Å². The van der Waals surface area contributed by atoms with Gasteiger partial charge in [-0.25, -0.2) is 4.79 Å². The molecule has 0 aromatic heterocycles. The number of nitrogens with one attached hydrogen (secondary N) is 2. The molecule has 2 N–H and O–H groups in total. The predicted octanol–water partition coefficient (Wildman–Crippen LogP) is 0.331. The molecule has 1 aliphatic heterocycles. The van der Waals surface area contributed by atoms with Crippen LogP contribution in [-0.4, -0.2) is 54.7 Å². The molecule has 1 saturated heterocycles. The molecule has 1 unspecified atom stereocenters. The van der Waals surface area contributed by atoms with Crippen molar-refractivity contribution >= 4 is 11.9 Å². The number of carbonyl (C=O) groups is 2. The first-order chi connectivity index (χ1) is 8.26. The highest BCUT2D eigenvalue weighted by atomic mass is 16.5. The largest absolute Gasteiger partial charge is 0.376 e. The van der Waals surface area contributed by atoms with Gasteiger partial charge in [-0.2, -0.15) is 0 Å². The summed E-state index contributed by atoms with van der Waals surface area (Å²) >= 11 is 0. The van der Waals surface area contributed by atoms with Crippen LogP contribution in [0.25, 0.3) is 0 Å². The number of ether oxygens (including phenoxy) is 1. The van der Waals surface area contributed by atoms with E-state index in [4.69, 9.17) is 4.74 Å². The van der Waals surface area contributed by atoms with Crippen LogP contribution in [-0.2, 0) is 9.53 Å². The van der Waals surface area contributed by atoms with Gasteiger partial charge < -0.3 is 10.1 Å². The summed E-state index contributed by atoms with van der Waals surface area (Å²) in [6.45, 7) is 9.85. The standard InChI is InChI=1S/C12H23N3O3/c1-9-7-15(5-6-18-9)8-10(16)13-11(17)14-12(2,3)4/h9H,5-8H2,1-4H3,(H2,13,14,16,17). The molecular weight excluding hydrogens is 234 g/mol. The van der Waals surface area contributed by atoms with E-state index in [9.17, 15) is 9.59 Å². The van der Waals surface area contributed by atoms with Gasteiger partial charge in [0, 0.05) is 18.6 Å². The molecule has 6 nitrogen and oxygen atoms in total. The summed E-state index contributed by atoms with van der Waals surface area (Å²) < 4.78 is 5.38. The number of hydrogen-bond donors (Lipinski definition) is 2. The van der Waals surface area contributed by atoms with Crippen molar-refractivity contribution in [2.24, 2.45) is 0 Å². The number of imide groups is 1. The fraction of sp³-hybridized carbons (Fsp3) is 0.833. The number of hydrogen-bond acceptors (Lipinski definition) is 4. The molecule has 1 fully saturated rings. The highest BCUT2D eigenvalue weighted by molar-refractivity contribution is 5.95. The molecule has 18 heavy (non-hydrogen) atoms. The van der Waals surface area contributed by atoms with Crippen molar-refractivity contribution in [3.8, 4) is 0 Å². The molecule has 6 heteroatoms. The Labute approximate surface area is 108 Å². The molecule has 0 aromatic rings. The zero-order valence-electron chi connectivity index (χ0n) is 11.6. The maximum atomic E-state index is 11.7. The van der Waals surface area contributed by atoms with Gasteiger partial charge in [-0.05, 0) is 27.7 Å². The van der Waals surface area contributed by atoms with Gasteiger partial charge in [-0.15, -0.1) is 0 Å². The van der Waals surface area contributed by atoms with Gasteiger partial charge in [-0.3, -0.25) is 15.0 Å². The van der Waals surface area contributed by atoms with E-state index in [0.29, 0.717) is 13.2 Å². The van der Waals surface area contributed by atoms with Crippen LogP contribution in [0.15, 0.2) is 0 Å². The van der Waals surface area contributed by atoms with Gasteiger partial charge in [0.2, 0.25) is 5.91 Å². The Balaban J connectivity index is 2.30. The average molecular weight is 257 g/mol. The maximum Gasteiger partial charge on any atom is 0.321 e. The summed E-state index contributed by atoms with van der Waals surface area (Å²) in [4.78, 5) is 25.1. The fourth-order valence-electron chi connectivity index (χ4n) is 1.78. The van der Waals surface area contributed by atoms with E-state index in [-0.39, 0.29) is 24.1 Å². The number of carbonyl (C=O) groups excluding carboxylic acids is 2. The van der Waals surface area contributed by atoms with Crippen LogP contribution >= 0.6 is 0 Å². The number of rotatable bonds is 2. The lowest BCUT2D eigenvalue weighted by molar-refractivity contribution is -0.123. The van der Waals surface area contributed by atoms with E-state index in [2.05, 4.69) is 10.6 Å². The monoisotopic (exact) mass is 257 g/mol. The Hall–Kier alpha value is -1.14. The van der Waals surface area contributed by atoms with Crippen LogP contribution in [0, 0.1) is 0 Å². The maximum absolute atomic E-state index is 11.7. The molecule has 0 aromatic carbocycles. The molecule has 0 radical (unpaired) electrons. The van der Waals surface area contributed by atoms with Gasteiger partial charge in [0.25, 0.3) is 0 Å². The van der Waals surface area contributed by atoms with Crippen molar-refractivity contribution in [1.82, 2.24) is 15.5 Å². The van der Waals surface area contributed by atoms with E-state index >= 15 is 0 Å². The van der Waals surface area contributed by atoms with Crippen LogP contribution in [0.1, 0.15) is 27.7 Å². The summed E-state index contributed by atoms with van der Waals surface area (Å²) in [6, 6.07) is -0.450. The highest BCUT2D eigenvalue weighted by Crippen LogP contribution is 2.03. The predicted molar refractivity (Wildman–Crippen MR) is 68.3 cm³/mol. The summed E-state index contributed by atoms with van der Waals surface area (Å²) in [5.41, 5.74) is -0.349. The van der Waals surface area contributed by atoms with E-state index in [1.54, 1.807) is 0 Å². The third-order valence-corrected chi connectivity index (χ3v) is 2.43. The molecule has 1 atom stereocenters. The molecule has 0 spiro atoms. The fourth-order valence-corrected chi connectivity index (χ4v) is 1.78. The Morgan fingerprint density at radius 2 is 2.06 bits per heavy atom. The Bertz CT molecular complexity index is 312. The quantitative estimate of drug-likeness (QED) is 0.748. The zero-order chi connectivity index (χ0) is 13.8. The molecule has 0 aliphatic carbocycles. The summed E-state index contributed by atoms with van der Waals surface area (Å²) in [6.07, 6.45) is 0.134.